The molecule has 2 heterocycles. The lowest BCUT2D eigenvalue weighted by Crippen LogP contribution is -2.56. The van der Waals surface area contributed by atoms with E-state index in [0.717, 1.165) is 21.5 Å². The van der Waals surface area contributed by atoms with E-state index in [2.05, 4.69) is 31.6 Å². The number of aromatic nitrogens is 1. The molecule has 1 aromatic heterocycles. The molecule has 0 saturated heterocycles. The Bertz CT molecular complexity index is 1320. The van der Waals surface area contributed by atoms with Crippen LogP contribution in [0.1, 0.15) is 53.0 Å². The van der Waals surface area contributed by atoms with E-state index in [1.54, 1.807) is 0 Å². The summed E-state index contributed by atoms with van der Waals surface area (Å²) in [7, 11) is 0. The first-order valence-corrected chi connectivity index (χ1v) is 15.9. The van der Waals surface area contributed by atoms with Crippen molar-refractivity contribution in [3.05, 3.63) is 29.8 Å². The minimum absolute atomic E-state index is 0.104. The number of nitrogens with one attached hydrogen (secondary N) is 6. The standard InChI is InChI=1S/C30H45N7O5S/c1-6-16(3)25(31)28(41)35-22-12-20-19-10-8-9-11-21(19)36-30(20)43-15-18(5)34-23(38)13-33-29(42)26(17(4)7-2)37-24(39)14-32-27(22)40/h8-11,16-18,22,25-26,36H,6-7,12-15,31H2,1-5H3,(H,32,40)(H,33,42)(H,34,38)(H,35,41)(H,37,39)/t16-,17-,18+,22-,25-,26-/m0/s1. The number of para-hydroxylation sites is 1. The maximum absolute atomic E-state index is 13.6. The second-order valence-corrected chi connectivity index (χ2v) is 12.3. The van der Waals surface area contributed by atoms with Crippen LogP contribution in [-0.4, -0.2) is 77.5 Å². The average molecular weight is 616 g/mol. The molecule has 8 N–H and O–H groups in total. The first-order chi connectivity index (χ1) is 20.4. The lowest BCUT2D eigenvalue weighted by Gasteiger charge is -2.25. The van der Waals surface area contributed by atoms with Crippen LogP contribution in [0.3, 0.4) is 0 Å². The van der Waals surface area contributed by atoms with Crippen LogP contribution in [-0.2, 0) is 30.4 Å². The summed E-state index contributed by atoms with van der Waals surface area (Å²) in [5, 5.41) is 15.3. The number of rotatable bonds is 6. The van der Waals surface area contributed by atoms with E-state index in [0.29, 0.717) is 18.6 Å². The molecule has 0 unspecified atom stereocenters. The molecule has 1 aliphatic heterocycles. The third kappa shape index (κ3) is 9.20. The highest BCUT2D eigenvalue weighted by atomic mass is 32.2. The van der Waals surface area contributed by atoms with Crippen LogP contribution in [0.25, 0.3) is 10.9 Å². The molecule has 1 aliphatic rings. The van der Waals surface area contributed by atoms with Gasteiger partial charge >= 0.3 is 0 Å². The Labute approximate surface area is 256 Å². The summed E-state index contributed by atoms with van der Waals surface area (Å²) in [4.78, 5) is 68.5. The van der Waals surface area contributed by atoms with Gasteiger partial charge in [-0.2, -0.15) is 0 Å². The van der Waals surface area contributed by atoms with Crippen LogP contribution in [0.2, 0.25) is 0 Å². The van der Waals surface area contributed by atoms with Crippen molar-refractivity contribution >= 4 is 52.2 Å². The zero-order valence-electron chi connectivity index (χ0n) is 25.5. The number of hydrogen-bond donors (Lipinski definition) is 7. The summed E-state index contributed by atoms with van der Waals surface area (Å²) in [6.07, 6.45) is 1.43. The second-order valence-electron chi connectivity index (χ2n) is 11.3. The molecule has 6 atom stereocenters. The fraction of sp³-hybridized carbons (Fsp3) is 0.567. The summed E-state index contributed by atoms with van der Waals surface area (Å²) in [5.41, 5.74) is 7.88. The van der Waals surface area contributed by atoms with Gasteiger partial charge in [0.15, 0.2) is 0 Å². The number of carbonyl (C=O) groups is 5. The van der Waals surface area contributed by atoms with Crippen molar-refractivity contribution in [2.45, 2.75) is 83.1 Å². The van der Waals surface area contributed by atoms with Gasteiger partial charge in [-0.3, -0.25) is 24.0 Å². The minimum Gasteiger partial charge on any atom is -0.351 e. The SMILES string of the molecule is CC[C@H](C)[C@H](N)C(=O)N[C@H]1Cc2c([nH]c3ccccc23)SC[C@@H](C)NC(=O)CNC(=O)[C@H]([C@@H](C)CC)NC(=O)CNC1=O. The zero-order chi connectivity index (χ0) is 31.7. The molecule has 43 heavy (non-hydrogen) atoms. The monoisotopic (exact) mass is 615 g/mol. The number of thioether (sulfide) groups is 1. The average Bonchev–Trinajstić information content (AvgIpc) is 3.35. The first kappa shape index (κ1) is 33.9. The fourth-order valence-corrected chi connectivity index (χ4v) is 5.81. The minimum atomic E-state index is -1.03. The van der Waals surface area contributed by atoms with Crippen LogP contribution in [0, 0.1) is 11.8 Å². The molecule has 0 radical (unpaired) electrons. The molecule has 3 rings (SSSR count). The van der Waals surface area contributed by atoms with E-state index in [1.807, 2.05) is 58.9 Å². The molecular formula is C30H45N7O5S. The van der Waals surface area contributed by atoms with Gasteiger partial charge in [0.1, 0.15) is 12.1 Å². The van der Waals surface area contributed by atoms with Crippen molar-refractivity contribution in [1.29, 1.82) is 0 Å². The van der Waals surface area contributed by atoms with E-state index in [1.165, 1.54) is 11.8 Å². The van der Waals surface area contributed by atoms with Crippen LogP contribution in [0.5, 0.6) is 0 Å². The van der Waals surface area contributed by atoms with Gasteiger partial charge in [-0.1, -0.05) is 58.7 Å². The molecule has 1 aromatic carbocycles. The predicted molar refractivity (Wildman–Crippen MR) is 167 cm³/mol. The lowest BCUT2D eigenvalue weighted by atomic mass is 9.98. The number of benzene rings is 1. The van der Waals surface area contributed by atoms with E-state index >= 15 is 0 Å². The van der Waals surface area contributed by atoms with Gasteiger partial charge in [0.2, 0.25) is 29.5 Å². The van der Waals surface area contributed by atoms with Crippen molar-refractivity contribution in [3.8, 4) is 0 Å². The van der Waals surface area contributed by atoms with E-state index in [-0.39, 0.29) is 36.8 Å². The Kier molecular flexibility index (Phi) is 12.4. The predicted octanol–water partition coefficient (Wildman–Crippen LogP) is 0.942. The fourth-order valence-electron chi connectivity index (χ4n) is 4.77. The van der Waals surface area contributed by atoms with Crippen molar-refractivity contribution < 1.29 is 24.0 Å². The third-order valence-electron chi connectivity index (χ3n) is 7.92. The van der Waals surface area contributed by atoms with Crippen molar-refractivity contribution in [2.24, 2.45) is 17.6 Å². The van der Waals surface area contributed by atoms with Gasteiger partial charge in [0.05, 0.1) is 24.2 Å². The Morgan fingerprint density at radius 2 is 1.65 bits per heavy atom. The largest absolute Gasteiger partial charge is 0.351 e. The molecule has 13 heteroatoms. The Balaban J connectivity index is 1.97. The number of H-pyrrole nitrogens is 1. The maximum atomic E-state index is 13.6. The Morgan fingerprint density at radius 3 is 2.33 bits per heavy atom. The van der Waals surface area contributed by atoms with Gasteiger partial charge in [-0.25, -0.2) is 0 Å². The zero-order valence-corrected chi connectivity index (χ0v) is 26.4. The molecule has 0 bridgehead atoms. The van der Waals surface area contributed by atoms with E-state index < -0.39 is 48.3 Å². The summed E-state index contributed by atoms with van der Waals surface area (Å²) >= 11 is 1.48. The van der Waals surface area contributed by atoms with E-state index in [9.17, 15) is 24.0 Å². The number of aromatic amines is 1. The third-order valence-corrected chi connectivity index (χ3v) is 9.22. The van der Waals surface area contributed by atoms with Crippen LogP contribution in [0.4, 0.5) is 0 Å². The number of amides is 5. The van der Waals surface area contributed by atoms with Gasteiger partial charge in [0.25, 0.3) is 0 Å². The van der Waals surface area contributed by atoms with Gasteiger partial charge < -0.3 is 37.3 Å². The molecule has 0 aliphatic carbocycles. The van der Waals surface area contributed by atoms with Crippen LogP contribution < -0.4 is 32.3 Å². The highest BCUT2D eigenvalue weighted by Crippen LogP contribution is 2.31. The normalized spacial score (nSPS) is 23.3. The number of fused-ring (bicyclic) bond motifs is 3. The maximum Gasteiger partial charge on any atom is 0.243 e. The number of hydrogen-bond acceptors (Lipinski definition) is 7. The van der Waals surface area contributed by atoms with E-state index in [4.69, 9.17) is 5.73 Å². The summed E-state index contributed by atoms with van der Waals surface area (Å²) in [6, 6.07) is 4.68. The topological polar surface area (TPSA) is 187 Å². The molecule has 0 spiro atoms. The van der Waals surface area contributed by atoms with Gasteiger partial charge in [0, 0.05) is 29.1 Å². The quantitative estimate of drug-likeness (QED) is 0.252. The molecule has 2 aromatic rings. The molecule has 236 valence electrons. The Morgan fingerprint density at radius 1 is 1.00 bits per heavy atom. The van der Waals surface area contributed by atoms with Crippen LogP contribution >= 0.6 is 11.8 Å². The van der Waals surface area contributed by atoms with Crippen LogP contribution in [0.15, 0.2) is 29.3 Å². The van der Waals surface area contributed by atoms with Gasteiger partial charge in [-0.05, 0) is 30.4 Å². The summed E-state index contributed by atoms with van der Waals surface area (Å²) in [6.45, 7) is 8.74. The van der Waals surface area contributed by atoms with Crippen molar-refractivity contribution in [1.82, 2.24) is 31.6 Å². The summed E-state index contributed by atoms with van der Waals surface area (Å²) < 4.78 is 0. The molecule has 0 saturated carbocycles. The highest BCUT2D eigenvalue weighted by Gasteiger charge is 2.30. The van der Waals surface area contributed by atoms with Crippen molar-refractivity contribution in [2.75, 3.05) is 18.8 Å². The molecule has 12 nitrogen and oxygen atoms in total. The molecule has 5 amide bonds. The molecular weight excluding hydrogens is 570 g/mol. The first-order valence-electron chi connectivity index (χ1n) is 14.9. The number of carbonyl (C=O) groups excluding carboxylic acids is 5. The highest BCUT2D eigenvalue weighted by molar-refractivity contribution is 7.99. The summed E-state index contributed by atoms with van der Waals surface area (Å²) in [5.74, 6) is -2.23. The second kappa shape index (κ2) is 15.8. The molecule has 0 fully saturated rings. The van der Waals surface area contributed by atoms with Crippen molar-refractivity contribution in [3.63, 3.8) is 0 Å². The Hall–Kier alpha value is -3.58. The lowest BCUT2D eigenvalue weighted by molar-refractivity contribution is -0.133. The van der Waals surface area contributed by atoms with Gasteiger partial charge in [-0.15, -0.1) is 11.8 Å². The smallest absolute Gasteiger partial charge is 0.243 e. The number of nitrogens with two attached hydrogens (primary N) is 1.